The van der Waals surface area contributed by atoms with Gasteiger partial charge in [0.25, 0.3) is 0 Å². The second-order valence-corrected chi connectivity index (χ2v) is 6.65. The third-order valence-corrected chi connectivity index (χ3v) is 4.47. The van der Waals surface area contributed by atoms with Gasteiger partial charge in [-0.1, -0.05) is 19.1 Å². The summed E-state index contributed by atoms with van der Waals surface area (Å²) in [5.41, 5.74) is 7.65. The van der Waals surface area contributed by atoms with Crippen LogP contribution < -0.4 is 10.5 Å². The number of hydrogen-bond donors (Lipinski definition) is 1. The summed E-state index contributed by atoms with van der Waals surface area (Å²) < 4.78 is 5.63. The topological polar surface area (TPSA) is 38.5 Å². The molecule has 0 aromatic heterocycles. The van der Waals surface area contributed by atoms with Crippen LogP contribution in [0.1, 0.15) is 50.6 Å². The molecular formula is C18H28N2O. The normalized spacial score (nSPS) is 19.8. The largest absolute Gasteiger partial charge is 0.494 e. The van der Waals surface area contributed by atoms with E-state index in [0.717, 1.165) is 37.3 Å². The molecule has 0 saturated heterocycles. The van der Waals surface area contributed by atoms with Crippen LogP contribution in [-0.2, 0) is 0 Å². The van der Waals surface area contributed by atoms with Crippen LogP contribution in [-0.4, -0.2) is 30.6 Å². The maximum absolute atomic E-state index is 6.43. The summed E-state index contributed by atoms with van der Waals surface area (Å²) in [6.45, 7) is 5.16. The molecule has 3 nitrogen and oxygen atoms in total. The average molecular weight is 288 g/mol. The number of rotatable bonds is 9. The standard InChI is InChI=1S/C18H28N2O/c1-2-11-21-17-9-5-15(6-10-17)18(19)13-20(16-7-8-16)12-14-3-4-14/h5-6,9-10,14,16,18H,2-4,7-8,11-13,19H2,1H3. The van der Waals surface area contributed by atoms with Gasteiger partial charge < -0.3 is 10.5 Å². The van der Waals surface area contributed by atoms with Crippen LogP contribution in [0.3, 0.4) is 0 Å². The molecule has 0 bridgehead atoms. The van der Waals surface area contributed by atoms with Crippen molar-refractivity contribution in [3.63, 3.8) is 0 Å². The highest BCUT2D eigenvalue weighted by atomic mass is 16.5. The van der Waals surface area contributed by atoms with Crippen LogP contribution in [0.2, 0.25) is 0 Å². The van der Waals surface area contributed by atoms with Crippen molar-refractivity contribution in [3.8, 4) is 5.75 Å². The van der Waals surface area contributed by atoms with Crippen molar-refractivity contribution in [2.45, 2.75) is 51.1 Å². The minimum absolute atomic E-state index is 0.115. The van der Waals surface area contributed by atoms with E-state index < -0.39 is 0 Å². The molecule has 1 aromatic carbocycles. The van der Waals surface area contributed by atoms with Gasteiger partial charge >= 0.3 is 0 Å². The molecule has 0 amide bonds. The molecule has 3 rings (SSSR count). The highest BCUT2D eigenvalue weighted by molar-refractivity contribution is 5.29. The smallest absolute Gasteiger partial charge is 0.119 e. The van der Waals surface area contributed by atoms with E-state index in [2.05, 4.69) is 24.0 Å². The predicted molar refractivity (Wildman–Crippen MR) is 86.5 cm³/mol. The molecule has 2 saturated carbocycles. The summed E-state index contributed by atoms with van der Waals surface area (Å²) in [4.78, 5) is 2.63. The second-order valence-electron chi connectivity index (χ2n) is 6.65. The quantitative estimate of drug-likeness (QED) is 0.757. The Morgan fingerprint density at radius 1 is 1.19 bits per heavy atom. The first-order chi connectivity index (χ1) is 10.3. The third-order valence-electron chi connectivity index (χ3n) is 4.47. The SMILES string of the molecule is CCCOc1ccc(C(N)CN(CC2CC2)C2CC2)cc1. The molecular weight excluding hydrogens is 260 g/mol. The molecule has 1 unspecified atom stereocenters. The van der Waals surface area contributed by atoms with E-state index >= 15 is 0 Å². The van der Waals surface area contributed by atoms with Crippen LogP contribution >= 0.6 is 0 Å². The van der Waals surface area contributed by atoms with Crippen LogP contribution in [0.5, 0.6) is 5.75 Å². The number of benzene rings is 1. The fourth-order valence-corrected chi connectivity index (χ4v) is 2.83. The predicted octanol–water partition coefficient (Wildman–Crippen LogP) is 3.35. The molecule has 3 heteroatoms. The molecule has 2 fully saturated rings. The Morgan fingerprint density at radius 2 is 1.90 bits per heavy atom. The maximum atomic E-state index is 6.43. The van der Waals surface area contributed by atoms with Crippen LogP contribution in [0.4, 0.5) is 0 Å². The van der Waals surface area contributed by atoms with Gasteiger partial charge in [0.05, 0.1) is 6.61 Å². The monoisotopic (exact) mass is 288 g/mol. The lowest BCUT2D eigenvalue weighted by Gasteiger charge is -2.25. The molecule has 1 atom stereocenters. The fourth-order valence-electron chi connectivity index (χ4n) is 2.83. The molecule has 116 valence electrons. The van der Waals surface area contributed by atoms with Gasteiger partial charge in [0.2, 0.25) is 0 Å². The van der Waals surface area contributed by atoms with E-state index in [1.165, 1.54) is 37.8 Å². The Labute approximate surface area is 128 Å². The minimum Gasteiger partial charge on any atom is -0.494 e. The molecule has 0 aliphatic heterocycles. The Morgan fingerprint density at radius 3 is 2.48 bits per heavy atom. The molecule has 0 radical (unpaired) electrons. The Bertz CT molecular complexity index is 437. The van der Waals surface area contributed by atoms with Gasteiger partial charge in [-0.15, -0.1) is 0 Å². The minimum atomic E-state index is 0.115. The van der Waals surface area contributed by atoms with Gasteiger partial charge in [0, 0.05) is 25.2 Å². The number of ether oxygens (including phenoxy) is 1. The first-order valence-corrected chi connectivity index (χ1v) is 8.48. The molecule has 2 N–H and O–H groups in total. The van der Waals surface area contributed by atoms with Gasteiger partial charge in [-0.3, -0.25) is 4.90 Å². The molecule has 2 aliphatic rings. The summed E-state index contributed by atoms with van der Waals surface area (Å²) in [7, 11) is 0. The van der Waals surface area contributed by atoms with E-state index in [4.69, 9.17) is 10.5 Å². The first kappa shape index (κ1) is 14.9. The fraction of sp³-hybridized carbons (Fsp3) is 0.667. The van der Waals surface area contributed by atoms with E-state index in [1.807, 2.05) is 12.1 Å². The Hall–Kier alpha value is -1.06. The first-order valence-electron chi connectivity index (χ1n) is 8.48. The van der Waals surface area contributed by atoms with Gasteiger partial charge in [-0.25, -0.2) is 0 Å². The van der Waals surface area contributed by atoms with Crippen LogP contribution in [0.15, 0.2) is 24.3 Å². The van der Waals surface area contributed by atoms with E-state index in [1.54, 1.807) is 0 Å². The van der Waals surface area contributed by atoms with Crippen LogP contribution in [0, 0.1) is 5.92 Å². The zero-order valence-corrected chi connectivity index (χ0v) is 13.1. The van der Waals surface area contributed by atoms with Crippen molar-refractivity contribution < 1.29 is 4.74 Å². The Balaban J connectivity index is 1.54. The summed E-state index contributed by atoms with van der Waals surface area (Å²) in [6, 6.07) is 9.27. The van der Waals surface area contributed by atoms with Gasteiger partial charge in [0.1, 0.15) is 5.75 Å². The van der Waals surface area contributed by atoms with Crippen molar-refractivity contribution in [2.75, 3.05) is 19.7 Å². The van der Waals surface area contributed by atoms with Crippen LogP contribution in [0.25, 0.3) is 0 Å². The van der Waals surface area contributed by atoms with Gasteiger partial charge in [-0.2, -0.15) is 0 Å². The van der Waals surface area contributed by atoms with Crippen molar-refractivity contribution in [3.05, 3.63) is 29.8 Å². The van der Waals surface area contributed by atoms with Gasteiger partial charge in [-0.05, 0) is 55.7 Å². The second kappa shape index (κ2) is 6.80. The lowest BCUT2D eigenvalue weighted by molar-refractivity contribution is 0.237. The number of nitrogens with zero attached hydrogens (tertiary/aromatic N) is 1. The highest BCUT2D eigenvalue weighted by Crippen LogP contribution is 2.35. The average Bonchev–Trinajstić information content (AvgIpc) is 3.38. The van der Waals surface area contributed by atoms with Crippen molar-refractivity contribution in [2.24, 2.45) is 11.7 Å². The molecule has 21 heavy (non-hydrogen) atoms. The molecule has 2 aliphatic carbocycles. The summed E-state index contributed by atoms with van der Waals surface area (Å²) >= 11 is 0. The summed E-state index contributed by atoms with van der Waals surface area (Å²) in [5.74, 6) is 1.90. The lowest BCUT2D eigenvalue weighted by Crippen LogP contribution is -2.35. The summed E-state index contributed by atoms with van der Waals surface area (Å²) in [6.07, 6.45) is 6.61. The van der Waals surface area contributed by atoms with Crippen molar-refractivity contribution in [1.29, 1.82) is 0 Å². The van der Waals surface area contributed by atoms with E-state index in [9.17, 15) is 0 Å². The zero-order chi connectivity index (χ0) is 14.7. The lowest BCUT2D eigenvalue weighted by atomic mass is 10.1. The highest BCUT2D eigenvalue weighted by Gasteiger charge is 2.34. The number of hydrogen-bond acceptors (Lipinski definition) is 3. The van der Waals surface area contributed by atoms with Gasteiger partial charge in [0.15, 0.2) is 0 Å². The summed E-state index contributed by atoms with van der Waals surface area (Å²) in [5, 5.41) is 0. The van der Waals surface area contributed by atoms with E-state index in [0.29, 0.717) is 0 Å². The third kappa shape index (κ3) is 4.45. The Kier molecular flexibility index (Phi) is 4.81. The molecule has 1 aromatic rings. The van der Waals surface area contributed by atoms with E-state index in [-0.39, 0.29) is 6.04 Å². The zero-order valence-electron chi connectivity index (χ0n) is 13.1. The van der Waals surface area contributed by atoms with Crippen molar-refractivity contribution >= 4 is 0 Å². The maximum Gasteiger partial charge on any atom is 0.119 e. The molecule has 0 spiro atoms. The number of nitrogens with two attached hydrogens (primary N) is 1. The van der Waals surface area contributed by atoms with Crippen molar-refractivity contribution in [1.82, 2.24) is 4.90 Å². The molecule has 0 heterocycles.